The Balaban J connectivity index is 1.64. The predicted molar refractivity (Wildman–Crippen MR) is 103 cm³/mol. The van der Waals surface area contributed by atoms with E-state index in [0.29, 0.717) is 25.7 Å². The molecule has 2 rings (SSSR count). The van der Waals surface area contributed by atoms with E-state index in [-0.39, 0.29) is 0 Å². The highest BCUT2D eigenvalue weighted by Crippen LogP contribution is 2.24. The van der Waals surface area contributed by atoms with E-state index >= 15 is 0 Å². The SMILES string of the molecule is CN=C(NCCCOCCOC)NCC1CCN(c2ccc(F)c(F)c2)C1. The summed E-state index contributed by atoms with van der Waals surface area (Å²) in [7, 11) is 3.40. The molecule has 0 saturated carbocycles. The maximum atomic E-state index is 13.4. The van der Waals surface area contributed by atoms with E-state index in [4.69, 9.17) is 9.47 Å². The second-order valence-corrected chi connectivity index (χ2v) is 6.54. The standard InChI is InChI=1S/C19H30F2N4O2/c1-22-19(23-7-3-9-27-11-10-26-2)24-13-15-6-8-25(14-15)16-4-5-17(20)18(21)12-16/h4-5,12,15H,3,6-11,13-14H2,1-2H3,(H2,22,23,24). The number of guanidine groups is 1. The topological polar surface area (TPSA) is 58.1 Å². The summed E-state index contributed by atoms with van der Waals surface area (Å²) in [4.78, 5) is 6.31. The molecule has 152 valence electrons. The van der Waals surface area contributed by atoms with E-state index in [2.05, 4.69) is 20.5 Å². The molecule has 0 aromatic heterocycles. The van der Waals surface area contributed by atoms with Crippen molar-refractivity contribution in [2.45, 2.75) is 12.8 Å². The maximum absolute atomic E-state index is 13.4. The van der Waals surface area contributed by atoms with Gasteiger partial charge in [-0.2, -0.15) is 0 Å². The van der Waals surface area contributed by atoms with Crippen molar-refractivity contribution in [1.29, 1.82) is 0 Å². The Labute approximate surface area is 159 Å². The van der Waals surface area contributed by atoms with Crippen molar-refractivity contribution in [3.63, 3.8) is 0 Å². The van der Waals surface area contributed by atoms with Crippen LogP contribution in [0.3, 0.4) is 0 Å². The third-order valence-corrected chi connectivity index (χ3v) is 4.53. The molecule has 1 aliphatic heterocycles. The van der Waals surface area contributed by atoms with Crippen molar-refractivity contribution in [1.82, 2.24) is 10.6 Å². The molecule has 1 saturated heterocycles. The lowest BCUT2D eigenvalue weighted by Crippen LogP contribution is -2.40. The summed E-state index contributed by atoms with van der Waals surface area (Å²) in [6.45, 7) is 5.10. The van der Waals surface area contributed by atoms with Crippen molar-refractivity contribution in [3.05, 3.63) is 29.8 Å². The minimum absolute atomic E-state index is 0.425. The third kappa shape index (κ3) is 7.30. The van der Waals surface area contributed by atoms with Crippen molar-refractivity contribution in [3.8, 4) is 0 Å². The smallest absolute Gasteiger partial charge is 0.190 e. The van der Waals surface area contributed by atoms with E-state index in [9.17, 15) is 8.78 Å². The number of ether oxygens (including phenoxy) is 2. The number of methoxy groups -OCH3 is 1. The van der Waals surface area contributed by atoms with E-state index in [1.54, 1.807) is 20.2 Å². The van der Waals surface area contributed by atoms with Gasteiger partial charge in [-0.3, -0.25) is 4.99 Å². The molecule has 0 spiro atoms. The summed E-state index contributed by atoms with van der Waals surface area (Å²) in [5.74, 6) is -0.424. The molecule has 1 unspecified atom stereocenters. The molecule has 8 heteroatoms. The first-order valence-corrected chi connectivity index (χ1v) is 9.35. The minimum Gasteiger partial charge on any atom is -0.382 e. The molecule has 27 heavy (non-hydrogen) atoms. The van der Waals surface area contributed by atoms with Crippen LogP contribution in [0.5, 0.6) is 0 Å². The Morgan fingerprint density at radius 3 is 2.81 bits per heavy atom. The van der Waals surface area contributed by atoms with Gasteiger partial charge in [-0.1, -0.05) is 0 Å². The number of hydrogen-bond acceptors (Lipinski definition) is 4. The summed E-state index contributed by atoms with van der Waals surface area (Å²) in [6.07, 6.45) is 1.88. The normalized spacial score (nSPS) is 17.4. The fourth-order valence-electron chi connectivity index (χ4n) is 3.00. The third-order valence-electron chi connectivity index (χ3n) is 4.53. The molecule has 6 nitrogen and oxygen atoms in total. The minimum atomic E-state index is -0.810. The second-order valence-electron chi connectivity index (χ2n) is 6.54. The molecule has 1 aromatic rings. The number of anilines is 1. The molecular weight excluding hydrogens is 354 g/mol. The zero-order chi connectivity index (χ0) is 19.5. The predicted octanol–water partition coefficient (Wildman–Crippen LogP) is 2.01. The fourth-order valence-corrected chi connectivity index (χ4v) is 3.00. The average molecular weight is 384 g/mol. The lowest BCUT2D eigenvalue weighted by molar-refractivity contribution is 0.0698. The Kier molecular flexibility index (Phi) is 9.27. The van der Waals surface area contributed by atoms with Gasteiger partial charge in [0.2, 0.25) is 0 Å². The number of nitrogens with one attached hydrogen (secondary N) is 2. The van der Waals surface area contributed by atoms with Gasteiger partial charge in [0.15, 0.2) is 17.6 Å². The van der Waals surface area contributed by atoms with Crippen molar-refractivity contribution in [2.75, 3.05) is 65.1 Å². The van der Waals surface area contributed by atoms with Gasteiger partial charge in [0.05, 0.1) is 13.2 Å². The van der Waals surface area contributed by atoms with Crippen LogP contribution >= 0.6 is 0 Å². The number of aliphatic imine (C=N–C) groups is 1. The molecule has 1 heterocycles. The lowest BCUT2D eigenvalue weighted by atomic mass is 10.1. The maximum Gasteiger partial charge on any atom is 0.190 e. The quantitative estimate of drug-likeness (QED) is 0.367. The van der Waals surface area contributed by atoms with Gasteiger partial charge in [-0.25, -0.2) is 8.78 Å². The van der Waals surface area contributed by atoms with Gasteiger partial charge < -0.3 is 25.0 Å². The van der Waals surface area contributed by atoms with Crippen molar-refractivity contribution < 1.29 is 18.3 Å². The van der Waals surface area contributed by atoms with Crippen LogP contribution in [0.1, 0.15) is 12.8 Å². The molecule has 1 aromatic carbocycles. The van der Waals surface area contributed by atoms with Crippen LogP contribution in [0, 0.1) is 17.6 Å². The van der Waals surface area contributed by atoms with Crippen LogP contribution < -0.4 is 15.5 Å². The van der Waals surface area contributed by atoms with Gasteiger partial charge in [0.25, 0.3) is 0 Å². The van der Waals surface area contributed by atoms with Gasteiger partial charge >= 0.3 is 0 Å². The van der Waals surface area contributed by atoms with Crippen LogP contribution in [0.4, 0.5) is 14.5 Å². The number of rotatable bonds is 10. The van der Waals surface area contributed by atoms with E-state index in [1.807, 2.05) is 0 Å². The van der Waals surface area contributed by atoms with Gasteiger partial charge in [0.1, 0.15) is 0 Å². The van der Waals surface area contributed by atoms with Gasteiger partial charge in [-0.15, -0.1) is 0 Å². The highest BCUT2D eigenvalue weighted by atomic mass is 19.2. The molecule has 0 aliphatic carbocycles. The Bertz CT molecular complexity index is 601. The van der Waals surface area contributed by atoms with Crippen molar-refractivity contribution in [2.24, 2.45) is 10.9 Å². The van der Waals surface area contributed by atoms with Crippen LogP contribution in [0.15, 0.2) is 23.2 Å². The van der Waals surface area contributed by atoms with Crippen LogP contribution in [0.2, 0.25) is 0 Å². The molecule has 1 fully saturated rings. The summed E-state index contributed by atoms with van der Waals surface area (Å²) in [5.41, 5.74) is 0.729. The van der Waals surface area contributed by atoms with Crippen LogP contribution in [-0.4, -0.2) is 66.1 Å². The summed E-state index contributed by atoms with van der Waals surface area (Å²) in [5, 5.41) is 6.60. The Morgan fingerprint density at radius 2 is 2.07 bits per heavy atom. The molecule has 0 bridgehead atoms. The van der Waals surface area contributed by atoms with E-state index in [1.165, 1.54) is 12.1 Å². The number of halogens is 2. The number of benzene rings is 1. The molecular formula is C19H30F2N4O2. The van der Waals surface area contributed by atoms with Gasteiger partial charge in [-0.05, 0) is 30.9 Å². The first kappa shape index (κ1) is 21.4. The highest BCUT2D eigenvalue weighted by molar-refractivity contribution is 5.79. The summed E-state index contributed by atoms with van der Waals surface area (Å²) in [6, 6.07) is 4.07. The van der Waals surface area contributed by atoms with Crippen LogP contribution in [-0.2, 0) is 9.47 Å². The highest BCUT2D eigenvalue weighted by Gasteiger charge is 2.23. The molecule has 0 amide bonds. The Morgan fingerprint density at radius 1 is 1.22 bits per heavy atom. The van der Waals surface area contributed by atoms with Gasteiger partial charge in [0, 0.05) is 58.7 Å². The lowest BCUT2D eigenvalue weighted by Gasteiger charge is -2.19. The molecule has 0 radical (unpaired) electrons. The summed E-state index contributed by atoms with van der Waals surface area (Å²) < 4.78 is 36.8. The van der Waals surface area contributed by atoms with Crippen LogP contribution in [0.25, 0.3) is 0 Å². The molecule has 2 N–H and O–H groups in total. The number of hydrogen-bond donors (Lipinski definition) is 2. The molecule has 1 atom stereocenters. The zero-order valence-electron chi connectivity index (χ0n) is 16.1. The number of nitrogens with zero attached hydrogens (tertiary/aromatic N) is 2. The Hall–Kier alpha value is -1.93. The first-order valence-electron chi connectivity index (χ1n) is 9.35. The molecule has 1 aliphatic rings. The van der Waals surface area contributed by atoms with E-state index in [0.717, 1.165) is 50.7 Å². The largest absolute Gasteiger partial charge is 0.382 e. The van der Waals surface area contributed by atoms with E-state index < -0.39 is 11.6 Å². The summed E-state index contributed by atoms with van der Waals surface area (Å²) >= 11 is 0. The monoisotopic (exact) mass is 384 g/mol. The second kappa shape index (κ2) is 11.7. The average Bonchev–Trinajstić information content (AvgIpc) is 3.14. The zero-order valence-corrected chi connectivity index (χ0v) is 16.1. The fraction of sp³-hybridized carbons (Fsp3) is 0.632. The first-order chi connectivity index (χ1) is 13.1. The van der Waals surface area contributed by atoms with Crippen molar-refractivity contribution >= 4 is 11.6 Å².